The minimum absolute atomic E-state index is 0.00277. The molecule has 2 heterocycles. The number of hydrogen-bond donors (Lipinski definition) is 0. The Morgan fingerprint density at radius 3 is 2.96 bits per heavy atom. The molecule has 2 aromatic rings. The van der Waals surface area contributed by atoms with Crippen LogP contribution in [0.1, 0.15) is 31.7 Å². The van der Waals surface area contributed by atoms with E-state index in [4.69, 9.17) is 9.15 Å². The van der Waals surface area contributed by atoms with Crippen LogP contribution in [-0.2, 0) is 4.79 Å². The molecular formula is C18H21NO4. The second-order valence-electron chi connectivity index (χ2n) is 6.13. The van der Waals surface area contributed by atoms with Crippen LogP contribution in [0.3, 0.4) is 0 Å². The topological polar surface area (TPSA) is 59.8 Å². The maximum Gasteiger partial charge on any atom is 0.336 e. The summed E-state index contributed by atoms with van der Waals surface area (Å²) in [6, 6.07) is 7.04. The number of rotatable bonds is 3. The first kappa shape index (κ1) is 15.6. The fraction of sp³-hybridized carbons (Fsp3) is 0.444. The monoisotopic (exact) mass is 315 g/mol. The van der Waals surface area contributed by atoms with Gasteiger partial charge in [0, 0.05) is 30.1 Å². The quantitative estimate of drug-likeness (QED) is 0.817. The molecule has 1 aromatic heterocycles. The van der Waals surface area contributed by atoms with Crippen molar-refractivity contribution in [3.8, 4) is 5.75 Å². The summed E-state index contributed by atoms with van der Waals surface area (Å²) >= 11 is 0. The van der Waals surface area contributed by atoms with Crippen LogP contribution >= 0.6 is 0 Å². The molecule has 23 heavy (non-hydrogen) atoms. The van der Waals surface area contributed by atoms with Gasteiger partial charge in [-0.3, -0.25) is 4.79 Å². The molecule has 1 saturated heterocycles. The lowest BCUT2D eigenvalue weighted by molar-refractivity contribution is -0.136. The zero-order valence-corrected chi connectivity index (χ0v) is 13.5. The van der Waals surface area contributed by atoms with Gasteiger partial charge in [0.1, 0.15) is 11.3 Å². The number of ether oxygens (including phenoxy) is 1. The van der Waals surface area contributed by atoms with E-state index in [0.717, 1.165) is 30.3 Å². The van der Waals surface area contributed by atoms with Crippen LogP contribution in [0.5, 0.6) is 5.75 Å². The van der Waals surface area contributed by atoms with E-state index in [-0.39, 0.29) is 24.2 Å². The molecule has 122 valence electrons. The average molecular weight is 315 g/mol. The molecule has 1 unspecified atom stereocenters. The highest BCUT2D eigenvalue weighted by Crippen LogP contribution is 2.22. The molecule has 0 radical (unpaired) electrons. The summed E-state index contributed by atoms with van der Waals surface area (Å²) < 4.78 is 10.8. The van der Waals surface area contributed by atoms with Crippen molar-refractivity contribution in [1.29, 1.82) is 0 Å². The molecule has 0 N–H and O–H groups in total. The van der Waals surface area contributed by atoms with Crippen molar-refractivity contribution in [2.75, 3.05) is 13.2 Å². The summed E-state index contributed by atoms with van der Waals surface area (Å²) in [5.41, 5.74) is 0.956. The fourth-order valence-electron chi connectivity index (χ4n) is 3.09. The molecule has 5 nitrogen and oxygen atoms in total. The van der Waals surface area contributed by atoms with Gasteiger partial charge in [0.15, 0.2) is 6.61 Å². The molecule has 1 aliphatic rings. The van der Waals surface area contributed by atoms with E-state index in [2.05, 4.69) is 6.92 Å². The van der Waals surface area contributed by atoms with Crippen molar-refractivity contribution in [1.82, 2.24) is 4.90 Å². The summed E-state index contributed by atoms with van der Waals surface area (Å²) in [7, 11) is 0. The van der Waals surface area contributed by atoms with Gasteiger partial charge in [0.25, 0.3) is 5.91 Å². The van der Waals surface area contributed by atoms with Gasteiger partial charge < -0.3 is 14.1 Å². The molecule has 1 fully saturated rings. The van der Waals surface area contributed by atoms with Crippen molar-refractivity contribution < 1.29 is 13.9 Å². The Labute approximate surface area is 134 Å². The molecule has 0 aliphatic carbocycles. The standard InChI is InChI=1S/C18H21NO4/c1-12-9-18(21)23-16-10-14(6-7-15(12)16)22-11-17(20)19-8-4-3-5-13(19)2/h6-7,9-10,13H,3-5,8,11H2,1-2H3. The Morgan fingerprint density at radius 1 is 1.35 bits per heavy atom. The second-order valence-corrected chi connectivity index (χ2v) is 6.13. The molecule has 5 heteroatoms. The Kier molecular flexibility index (Phi) is 4.37. The number of nitrogens with zero attached hydrogens (tertiary/aromatic N) is 1. The average Bonchev–Trinajstić information content (AvgIpc) is 2.52. The van der Waals surface area contributed by atoms with Gasteiger partial charge in [-0.05, 0) is 50.8 Å². The first-order valence-electron chi connectivity index (χ1n) is 8.01. The summed E-state index contributed by atoms with van der Waals surface area (Å²) in [6.07, 6.45) is 3.28. The van der Waals surface area contributed by atoms with Crippen LogP contribution in [0.4, 0.5) is 0 Å². The Bertz CT molecular complexity index is 780. The van der Waals surface area contributed by atoms with E-state index in [9.17, 15) is 9.59 Å². The third-order valence-electron chi connectivity index (χ3n) is 4.41. The normalized spacial score (nSPS) is 18.2. The number of benzene rings is 1. The Balaban J connectivity index is 1.72. The first-order valence-corrected chi connectivity index (χ1v) is 8.01. The van der Waals surface area contributed by atoms with Crippen molar-refractivity contribution >= 4 is 16.9 Å². The Morgan fingerprint density at radius 2 is 2.17 bits per heavy atom. The van der Waals surface area contributed by atoms with Gasteiger partial charge in [-0.1, -0.05) is 0 Å². The molecule has 0 bridgehead atoms. The van der Waals surface area contributed by atoms with Gasteiger partial charge in [0.2, 0.25) is 0 Å². The van der Waals surface area contributed by atoms with Crippen LogP contribution in [0, 0.1) is 6.92 Å². The molecule has 1 atom stereocenters. The largest absolute Gasteiger partial charge is 0.484 e. The van der Waals surface area contributed by atoms with Crippen LogP contribution in [0.25, 0.3) is 11.0 Å². The van der Waals surface area contributed by atoms with Crippen LogP contribution in [0.2, 0.25) is 0 Å². The molecular weight excluding hydrogens is 294 g/mol. The lowest BCUT2D eigenvalue weighted by atomic mass is 10.0. The molecule has 1 amide bonds. The summed E-state index contributed by atoms with van der Waals surface area (Å²) in [5.74, 6) is 0.534. The zero-order chi connectivity index (χ0) is 16.4. The molecule has 1 aliphatic heterocycles. The number of fused-ring (bicyclic) bond motifs is 1. The van der Waals surface area contributed by atoms with Gasteiger partial charge in [-0.15, -0.1) is 0 Å². The molecule has 0 saturated carbocycles. The SMILES string of the molecule is Cc1cc(=O)oc2cc(OCC(=O)N3CCCCC3C)ccc12. The highest BCUT2D eigenvalue weighted by Gasteiger charge is 2.23. The smallest absolute Gasteiger partial charge is 0.336 e. The van der Waals surface area contributed by atoms with E-state index < -0.39 is 0 Å². The Hall–Kier alpha value is -2.30. The lowest BCUT2D eigenvalue weighted by Crippen LogP contribution is -2.44. The van der Waals surface area contributed by atoms with E-state index in [1.807, 2.05) is 17.9 Å². The summed E-state index contributed by atoms with van der Waals surface area (Å²) in [4.78, 5) is 25.6. The maximum absolute atomic E-state index is 12.3. The lowest BCUT2D eigenvalue weighted by Gasteiger charge is -2.33. The van der Waals surface area contributed by atoms with E-state index >= 15 is 0 Å². The van der Waals surface area contributed by atoms with Crippen LogP contribution < -0.4 is 10.4 Å². The maximum atomic E-state index is 12.3. The van der Waals surface area contributed by atoms with Crippen molar-refractivity contribution in [2.24, 2.45) is 0 Å². The highest BCUT2D eigenvalue weighted by molar-refractivity contribution is 5.82. The third-order valence-corrected chi connectivity index (χ3v) is 4.41. The second kappa shape index (κ2) is 6.44. The highest BCUT2D eigenvalue weighted by atomic mass is 16.5. The van der Waals surface area contributed by atoms with Gasteiger partial charge in [-0.25, -0.2) is 4.79 Å². The number of aryl methyl sites for hydroxylation is 1. The van der Waals surface area contributed by atoms with Crippen LogP contribution in [0.15, 0.2) is 33.5 Å². The van der Waals surface area contributed by atoms with Crippen LogP contribution in [-0.4, -0.2) is 30.0 Å². The summed E-state index contributed by atoms with van der Waals surface area (Å²) in [5, 5.41) is 0.868. The number of carbonyl (C=O) groups is 1. The van der Waals surface area contributed by atoms with Gasteiger partial charge >= 0.3 is 5.63 Å². The van der Waals surface area contributed by atoms with E-state index in [1.54, 1.807) is 12.1 Å². The molecule has 3 rings (SSSR count). The number of likely N-dealkylation sites (tertiary alicyclic amines) is 1. The number of carbonyl (C=O) groups excluding carboxylic acids is 1. The molecule has 0 spiro atoms. The fourth-order valence-corrected chi connectivity index (χ4v) is 3.09. The van der Waals surface area contributed by atoms with Gasteiger partial charge in [-0.2, -0.15) is 0 Å². The van der Waals surface area contributed by atoms with Gasteiger partial charge in [0.05, 0.1) is 0 Å². The van der Waals surface area contributed by atoms with E-state index in [0.29, 0.717) is 11.3 Å². The van der Waals surface area contributed by atoms with Crippen molar-refractivity contribution in [3.63, 3.8) is 0 Å². The first-order chi connectivity index (χ1) is 11.0. The predicted molar refractivity (Wildman–Crippen MR) is 87.7 cm³/mol. The predicted octanol–water partition coefficient (Wildman–Crippen LogP) is 2.88. The van der Waals surface area contributed by atoms with E-state index in [1.165, 1.54) is 12.5 Å². The van der Waals surface area contributed by atoms with Crippen molar-refractivity contribution in [3.05, 3.63) is 40.2 Å². The number of amides is 1. The van der Waals surface area contributed by atoms with Crippen molar-refractivity contribution in [2.45, 2.75) is 39.2 Å². The minimum atomic E-state index is -0.384. The number of hydrogen-bond acceptors (Lipinski definition) is 4. The third kappa shape index (κ3) is 3.38. The number of piperidine rings is 1. The molecule has 1 aromatic carbocycles. The zero-order valence-electron chi connectivity index (χ0n) is 13.5. The summed E-state index contributed by atoms with van der Waals surface area (Å²) in [6.45, 7) is 4.74. The minimum Gasteiger partial charge on any atom is -0.484 e.